The van der Waals surface area contributed by atoms with E-state index < -0.39 is 18.1 Å². The van der Waals surface area contributed by atoms with Crippen LogP contribution in [0.1, 0.15) is 6.42 Å². The maximum Gasteiger partial charge on any atom is 0.240 e. The zero-order chi connectivity index (χ0) is 11.7. The highest BCUT2D eigenvalue weighted by molar-refractivity contribution is 5.84. The van der Waals surface area contributed by atoms with E-state index in [0.29, 0.717) is 18.7 Å². The van der Waals surface area contributed by atoms with E-state index in [0.717, 1.165) is 5.69 Å². The van der Waals surface area contributed by atoms with Crippen molar-refractivity contribution in [3.63, 3.8) is 0 Å². The van der Waals surface area contributed by atoms with E-state index in [-0.39, 0.29) is 0 Å². The third-order valence-electron chi connectivity index (χ3n) is 2.83. The minimum Gasteiger partial charge on any atom is -0.399 e. The standard InChI is InChI=1S/C11H15N3O2/c12-7-1-3-8(4-2-7)14-6-9(15)5-10(14)11(13)16/h1-4,9-10,15H,5-6,12H2,(H2,13,16). The van der Waals surface area contributed by atoms with Crippen molar-refractivity contribution in [2.75, 3.05) is 17.2 Å². The van der Waals surface area contributed by atoms with Gasteiger partial charge in [0.25, 0.3) is 0 Å². The number of nitrogen functional groups attached to an aromatic ring is 1. The molecule has 1 saturated heterocycles. The summed E-state index contributed by atoms with van der Waals surface area (Å²) in [7, 11) is 0. The molecule has 0 bridgehead atoms. The number of amides is 1. The summed E-state index contributed by atoms with van der Waals surface area (Å²) in [5, 5.41) is 9.56. The van der Waals surface area contributed by atoms with E-state index in [2.05, 4.69) is 0 Å². The highest BCUT2D eigenvalue weighted by atomic mass is 16.3. The number of anilines is 2. The van der Waals surface area contributed by atoms with Crippen molar-refractivity contribution >= 4 is 17.3 Å². The van der Waals surface area contributed by atoms with Gasteiger partial charge < -0.3 is 21.5 Å². The molecule has 1 aromatic rings. The van der Waals surface area contributed by atoms with E-state index in [1.807, 2.05) is 17.0 Å². The van der Waals surface area contributed by atoms with Crippen molar-refractivity contribution < 1.29 is 9.90 Å². The van der Waals surface area contributed by atoms with Gasteiger partial charge in [0.1, 0.15) is 6.04 Å². The Hall–Kier alpha value is -1.75. The summed E-state index contributed by atoms with van der Waals surface area (Å²) in [4.78, 5) is 13.1. The van der Waals surface area contributed by atoms with Gasteiger partial charge in [-0.25, -0.2) is 0 Å². The first-order valence-electron chi connectivity index (χ1n) is 5.17. The molecule has 1 aromatic carbocycles. The molecule has 0 radical (unpaired) electrons. The van der Waals surface area contributed by atoms with Crippen molar-refractivity contribution in [1.29, 1.82) is 0 Å². The molecular formula is C11H15N3O2. The van der Waals surface area contributed by atoms with Crippen LogP contribution in [0.15, 0.2) is 24.3 Å². The monoisotopic (exact) mass is 221 g/mol. The van der Waals surface area contributed by atoms with Gasteiger partial charge in [-0.05, 0) is 24.3 Å². The molecule has 1 amide bonds. The summed E-state index contributed by atoms with van der Waals surface area (Å²) in [6, 6.07) is 6.74. The minimum absolute atomic E-state index is 0.389. The molecule has 5 nitrogen and oxygen atoms in total. The van der Waals surface area contributed by atoms with Gasteiger partial charge >= 0.3 is 0 Å². The van der Waals surface area contributed by atoms with Gasteiger partial charge in [0.05, 0.1) is 6.10 Å². The van der Waals surface area contributed by atoms with Gasteiger partial charge in [-0.15, -0.1) is 0 Å². The first-order chi connectivity index (χ1) is 7.58. The van der Waals surface area contributed by atoms with Crippen LogP contribution in [0.25, 0.3) is 0 Å². The van der Waals surface area contributed by atoms with Crippen LogP contribution in [0.5, 0.6) is 0 Å². The van der Waals surface area contributed by atoms with Crippen LogP contribution in [0.4, 0.5) is 11.4 Å². The molecule has 5 N–H and O–H groups in total. The predicted molar refractivity (Wildman–Crippen MR) is 61.8 cm³/mol. The van der Waals surface area contributed by atoms with Gasteiger partial charge in [-0.3, -0.25) is 4.79 Å². The molecule has 16 heavy (non-hydrogen) atoms. The fraction of sp³-hybridized carbons (Fsp3) is 0.364. The molecule has 0 aliphatic carbocycles. The summed E-state index contributed by atoms with van der Waals surface area (Å²) in [6.45, 7) is 0.428. The highest BCUT2D eigenvalue weighted by Gasteiger charge is 2.34. The summed E-state index contributed by atoms with van der Waals surface area (Å²) < 4.78 is 0. The number of hydrogen-bond acceptors (Lipinski definition) is 4. The quantitative estimate of drug-likeness (QED) is 0.597. The van der Waals surface area contributed by atoms with Crippen LogP contribution in [-0.2, 0) is 4.79 Å². The van der Waals surface area contributed by atoms with Crippen LogP contribution in [0.3, 0.4) is 0 Å². The molecule has 0 spiro atoms. The van der Waals surface area contributed by atoms with Crippen molar-refractivity contribution in [1.82, 2.24) is 0 Å². The summed E-state index contributed by atoms with van der Waals surface area (Å²) in [5.41, 5.74) is 12.4. The lowest BCUT2D eigenvalue weighted by molar-refractivity contribution is -0.119. The van der Waals surface area contributed by atoms with Crippen LogP contribution in [0.2, 0.25) is 0 Å². The third-order valence-corrected chi connectivity index (χ3v) is 2.83. The normalized spacial score (nSPS) is 24.7. The van der Waals surface area contributed by atoms with Gasteiger partial charge in [-0.1, -0.05) is 0 Å². The minimum atomic E-state index is -0.505. The number of aliphatic hydroxyl groups is 1. The Kier molecular flexibility index (Phi) is 2.70. The van der Waals surface area contributed by atoms with Gasteiger partial charge in [0.2, 0.25) is 5.91 Å². The maximum atomic E-state index is 11.2. The number of benzene rings is 1. The second kappa shape index (κ2) is 4.02. The molecule has 0 saturated carbocycles. The number of hydrogen-bond donors (Lipinski definition) is 3. The molecule has 1 aliphatic rings. The van der Waals surface area contributed by atoms with Crippen LogP contribution >= 0.6 is 0 Å². The number of nitrogens with two attached hydrogens (primary N) is 2. The fourth-order valence-corrected chi connectivity index (χ4v) is 2.03. The molecule has 86 valence electrons. The number of nitrogens with zero attached hydrogens (tertiary/aromatic N) is 1. The smallest absolute Gasteiger partial charge is 0.240 e. The molecule has 2 atom stereocenters. The average molecular weight is 221 g/mol. The first-order valence-corrected chi connectivity index (χ1v) is 5.17. The van der Waals surface area contributed by atoms with E-state index in [4.69, 9.17) is 11.5 Å². The van der Waals surface area contributed by atoms with E-state index in [9.17, 15) is 9.90 Å². The number of carbonyl (C=O) groups excluding carboxylic acids is 1. The Labute approximate surface area is 93.6 Å². The lowest BCUT2D eigenvalue weighted by Crippen LogP contribution is -2.40. The van der Waals surface area contributed by atoms with E-state index >= 15 is 0 Å². The van der Waals surface area contributed by atoms with E-state index in [1.165, 1.54) is 0 Å². The summed E-state index contributed by atoms with van der Waals surface area (Å²) in [5.74, 6) is -0.409. The highest BCUT2D eigenvalue weighted by Crippen LogP contribution is 2.26. The van der Waals surface area contributed by atoms with Crippen LogP contribution < -0.4 is 16.4 Å². The van der Waals surface area contributed by atoms with Gasteiger partial charge in [0, 0.05) is 24.3 Å². The second-order valence-corrected chi connectivity index (χ2v) is 4.05. The first kappa shape index (κ1) is 10.8. The molecule has 1 heterocycles. The average Bonchev–Trinajstić information content (AvgIpc) is 2.61. The second-order valence-electron chi connectivity index (χ2n) is 4.05. The Morgan fingerprint density at radius 1 is 1.38 bits per heavy atom. The molecule has 2 rings (SSSR count). The number of primary amides is 1. The Morgan fingerprint density at radius 2 is 2.00 bits per heavy atom. The van der Waals surface area contributed by atoms with Crippen molar-refractivity contribution in [2.45, 2.75) is 18.6 Å². The zero-order valence-electron chi connectivity index (χ0n) is 8.84. The zero-order valence-corrected chi connectivity index (χ0v) is 8.84. The third kappa shape index (κ3) is 1.94. The van der Waals surface area contributed by atoms with Gasteiger partial charge in [-0.2, -0.15) is 0 Å². The van der Waals surface area contributed by atoms with Crippen molar-refractivity contribution in [3.8, 4) is 0 Å². The Balaban J connectivity index is 2.25. The molecule has 1 fully saturated rings. The summed E-state index contributed by atoms with van der Waals surface area (Å²) >= 11 is 0. The number of β-amino-alcohol motifs (C(OH)–C–C–N with tert-alkyl or cyclic N) is 1. The molecule has 1 aliphatic heterocycles. The van der Waals surface area contributed by atoms with E-state index in [1.54, 1.807) is 12.1 Å². The Morgan fingerprint density at radius 3 is 2.56 bits per heavy atom. The lowest BCUT2D eigenvalue weighted by atomic mass is 10.2. The SMILES string of the molecule is NC(=O)C1CC(O)CN1c1ccc(N)cc1. The number of carbonyl (C=O) groups is 1. The van der Waals surface area contributed by atoms with Crippen molar-refractivity contribution in [2.24, 2.45) is 5.73 Å². The number of rotatable bonds is 2. The molecule has 2 unspecified atom stereocenters. The molecule has 5 heteroatoms. The summed E-state index contributed by atoms with van der Waals surface area (Å²) in [6.07, 6.45) is -0.116. The molecular weight excluding hydrogens is 206 g/mol. The number of aliphatic hydroxyl groups excluding tert-OH is 1. The lowest BCUT2D eigenvalue weighted by Gasteiger charge is -2.24. The largest absolute Gasteiger partial charge is 0.399 e. The van der Waals surface area contributed by atoms with Crippen LogP contribution in [0, 0.1) is 0 Å². The Bertz CT molecular complexity index is 391. The van der Waals surface area contributed by atoms with Gasteiger partial charge in [0.15, 0.2) is 0 Å². The van der Waals surface area contributed by atoms with Crippen LogP contribution in [-0.4, -0.2) is 29.7 Å². The predicted octanol–water partition coefficient (Wildman–Crippen LogP) is -0.306. The molecule has 0 aromatic heterocycles. The fourth-order valence-electron chi connectivity index (χ4n) is 2.03. The maximum absolute atomic E-state index is 11.2. The topological polar surface area (TPSA) is 92.6 Å². The van der Waals surface area contributed by atoms with Crippen molar-refractivity contribution in [3.05, 3.63) is 24.3 Å².